The third-order valence-corrected chi connectivity index (χ3v) is 5.09. The van der Waals surface area contributed by atoms with Crippen LogP contribution in [0.25, 0.3) is 0 Å². The third-order valence-electron chi connectivity index (χ3n) is 4.63. The zero-order valence-electron chi connectivity index (χ0n) is 15.5. The van der Waals surface area contributed by atoms with Gasteiger partial charge in [-0.3, -0.25) is 9.69 Å². The number of carbonyl (C=O) groups excluding carboxylic acids is 1. The van der Waals surface area contributed by atoms with E-state index >= 15 is 0 Å². The van der Waals surface area contributed by atoms with Crippen LogP contribution in [-0.4, -0.2) is 62.9 Å². The number of methoxy groups -OCH3 is 2. The Balaban J connectivity index is 1.79. The molecule has 1 aliphatic rings. The van der Waals surface area contributed by atoms with Crippen molar-refractivity contribution in [2.24, 2.45) is 0 Å². The van der Waals surface area contributed by atoms with E-state index in [4.69, 9.17) is 14.2 Å². The van der Waals surface area contributed by atoms with Gasteiger partial charge in [-0.1, -0.05) is 6.07 Å². The lowest BCUT2D eigenvalue weighted by atomic mass is 10.0. The molecule has 1 unspecified atom stereocenters. The molecular weight excluding hydrogens is 414 g/mol. The number of morpholine rings is 1. The monoisotopic (exact) mass is 437 g/mol. The van der Waals surface area contributed by atoms with Crippen LogP contribution in [0.3, 0.4) is 0 Å². The lowest BCUT2D eigenvalue weighted by Crippen LogP contribution is -2.43. The first-order chi connectivity index (χ1) is 13.1. The average Bonchev–Trinajstić information content (AvgIpc) is 3.15. The Bertz CT molecular complexity index is 774. The number of aromatic amines is 1. The summed E-state index contributed by atoms with van der Waals surface area (Å²) in [6, 6.07) is 7.65. The summed E-state index contributed by atoms with van der Waals surface area (Å²) < 4.78 is 17.1. The number of nitrogens with zero attached hydrogens (tertiary/aromatic N) is 1. The van der Waals surface area contributed by atoms with Crippen molar-refractivity contribution in [1.29, 1.82) is 0 Å². The van der Waals surface area contributed by atoms with Crippen LogP contribution < -0.4 is 14.8 Å². The van der Waals surface area contributed by atoms with Gasteiger partial charge in [-0.2, -0.15) is 0 Å². The zero-order valence-corrected chi connectivity index (χ0v) is 17.0. The summed E-state index contributed by atoms with van der Waals surface area (Å²) in [5, 5.41) is 3.03. The Morgan fingerprint density at radius 1 is 1.26 bits per heavy atom. The molecule has 1 amide bonds. The number of ether oxygens (including phenoxy) is 3. The Morgan fingerprint density at radius 2 is 2.00 bits per heavy atom. The quantitative estimate of drug-likeness (QED) is 0.695. The molecule has 27 heavy (non-hydrogen) atoms. The van der Waals surface area contributed by atoms with E-state index in [0.717, 1.165) is 23.1 Å². The largest absolute Gasteiger partial charge is 0.493 e. The van der Waals surface area contributed by atoms with Crippen LogP contribution in [0.4, 0.5) is 0 Å². The highest BCUT2D eigenvalue weighted by Gasteiger charge is 2.24. The fourth-order valence-electron chi connectivity index (χ4n) is 3.19. The first kappa shape index (κ1) is 19.7. The molecule has 1 aromatic heterocycles. The number of rotatable bonds is 7. The maximum atomic E-state index is 12.4. The number of H-pyrrole nitrogens is 1. The van der Waals surface area contributed by atoms with E-state index in [0.29, 0.717) is 37.0 Å². The standard InChI is InChI=1S/C19H24BrN3O4/c1-25-17-4-3-13(9-18(17)26-2)16(23-5-7-27-8-6-23)12-22-19(24)15-10-14(20)11-21-15/h3-4,9-11,16,21H,5-8,12H2,1-2H3,(H,22,24). The molecule has 3 rings (SSSR count). The maximum Gasteiger partial charge on any atom is 0.267 e. The number of aromatic nitrogens is 1. The predicted octanol–water partition coefficient (Wildman–Crippen LogP) is 2.60. The molecule has 0 radical (unpaired) electrons. The minimum atomic E-state index is -0.139. The molecular formula is C19H24BrN3O4. The summed E-state index contributed by atoms with van der Waals surface area (Å²) in [5.74, 6) is 1.22. The molecule has 2 heterocycles. The summed E-state index contributed by atoms with van der Waals surface area (Å²) >= 11 is 3.35. The second kappa shape index (κ2) is 9.25. The summed E-state index contributed by atoms with van der Waals surface area (Å²) in [6.45, 7) is 3.46. The molecule has 1 atom stereocenters. The summed E-state index contributed by atoms with van der Waals surface area (Å²) in [6.07, 6.45) is 1.74. The number of hydrogen-bond acceptors (Lipinski definition) is 5. The minimum absolute atomic E-state index is 0.0102. The zero-order chi connectivity index (χ0) is 19.2. The van der Waals surface area contributed by atoms with Gasteiger partial charge < -0.3 is 24.5 Å². The molecule has 7 nitrogen and oxygen atoms in total. The fourth-order valence-corrected chi connectivity index (χ4v) is 3.53. The topological polar surface area (TPSA) is 75.8 Å². The van der Waals surface area contributed by atoms with Crippen molar-refractivity contribution in [2.75, 3.05) is 47.1 Å². The van der Waals surface area contributed by atoms with Gasteiger partial charge >= 0.3 is 0 Å². The summed E-state index contributed by atoms with van der Waals surface area (Å²) in [4.78, 5) is 17.7. The number of benzene rings is 1. The summed E-state index contributed by atoms with van der Waals surface area (Å²) in [7, 11) is 3.24. The van der Waals surface area contributed by atoms with E-state index in [2.05, 4.69) is 31.1 Å². The number of amides is 1. The van der Waals surface area contributed by atoms with Gasteiger partial charge in [-0.15, -0.1) is 0 Å². The van der Waals surface area contributed by atoms with Gasteiger partial charge in [0.25, 0.3) is 5.91 Å². The Morgan fingerprint density at radius 3 is 2.63 bits per heavy atom. The van der Waals surface area contributed by atoms with E-state index in [1.54, 1.807) is 26.5 Å². The smallest absolute Gasteiger partial charge is 0.267 e. The van der Waals surface area contributed by atoms with Gasteiger partial charge in [0.1, 0.15) is 5.69 Å². The van der Waals surface area contributed by atoms with Crippen molar-refractivity contribution < 1.29 is 19.0 Å². The molecule has 0 spiro atoms. The van der Waals surface area contributed by atoms with Crippen molar-refractivity contribution >= 4 is 21.8 Å². The lowest BCUT2D eigenvalue weighted by Gasteiger charge is -2.35. The molecule has 0 saturated carbocycles. The van der Waals surface area contributed by atoms with Crippen LogP contribution in [0.5, 0.6) is 11.5 Å². The fraction of sp³-hybridized carbons (Fsp3) is 0.421. The molecule has 8 heteroatoms. The van der Waals surface area contributed by atoms with E-state index in [9.17, 15) is 4.79 Å². The number of halogens is 1. The van der Waals surface area contributed by atoms with Crippen molar-refractivity contribution in [1.82, 2.24) is 15.2 Å². The van der Waals surface area contributed by atoms with Crippen molar-refractivity contribution in [3.8, 4) is 11.5 Å². The molecule has 1 aliphatic heterocycles. The van der Waals surface area contributed by atoms with E-state index in [1.165, 1.54) is 0 Å². The molecule has 146 valence electrons. The molecule has 2 N–H and O–H groups in total. The second-order valence-corrected chi connectivity index (χ2v) is 7.14. The highest BCUT2D eigenvalue weighted by Crippen LogP contribution is 2.32. The van der Waals surface area contributed by atoms with Gasteiger partial charge in [0, 0.05) is 30.3 Å². The summed E-state index contributed by atoms with van der Waals surface area (Å²) in [5.41, 5.74) is 1.58. The van der Waals surface area contributed by atoms with Gasteiger partial charge in [0.15, 0.2) is 11.5 Å². The van der Waals surface area contributed by atoms with Crippen LogP contribution in [0.1, 0.15) is 22.1 Å². The minimum Gasteiger partial charge on any atom is -0.493 e. The molecule has 0 aliphatic carbocycles. The van der Waals surface area contributed by atoms with Crippen molar-refractivity contribution in [3.63, 3.8) is 0 Å². The van der Waals surface area contributed by atoms with Gasteiger partial charge in [-0.05, 0) is 39.7 Å². The first-order valence-corrected chi connectivity index (χ1v) is 9.57. The lowest BCUT2D eigenvalue weighted by molar-refractivity contribution is 0.0161. The number of hydrogen-bond donors (Lipinski definition) is 2. The van der Waals surface area contributed by atoms with Crippen LogP contribution in [0.2, 0.25) is 0 Å². The van der Waals surface area contributed by atoms with E-state index < -0.39 is 0 Å². The molecule has 1 aromatic carbocycles. The number of nitrogens with one attached hydrogen (secondary N) is 2. The Labute approximate surface area is 167 Å². The predicted molar refractivity (Wildman–Crippen MR) is 106 cm³/mol. The highest BCUT2D eigenvalue weighted by atomic mass is 79.9. The van der Waals surface area contributed by atoms with Crippen LogP contribution in [-0.2, 0) is 4.74 Å². The molecule has 1 saturated heterocycles. The van der Waals surface area contributed by atoms with E-state index in [1.807, 2.05) is 18.2 Å². The second-order valence-electron chi connectivity index (χ2n) is 6.22. The van der Waals surface area contributed by atoms with Gasteiger partial charge in [0.05, 0.1) is 33.5 Å². The average molecular weight is 438 g/mol. The molecule has 1 fully saturated rings. The van der Waals surface area contributed by atoms with Crippen LogP contribution in [0.15, 0.2) is 34.9 Å². The number of carbonyl (C=O) groups is 1. The highest BCUT2D eigenvalue weighted by molar-refractivity contribution is 9.10. The van der Waals surface area contributed by atoms with Gasteiger partial charge in [-0.25, -0.2) is 0 Å². The van der Waals surface area contributed by atoms with E-state index in [-0.39, 0.29) is 11.9 Å². The third kappa shape index (κ3) is 4.82. The van der Waals surface area contributed by atoms with Crippen molar-refractivity contribution in [2.45, 2.75) is 6.04 Å². The molecule has 0 bridgehead atoms. The molecule has 2 aromatic rings. The van der Waals surface area contributed by atoms with Crippen molar-refractivity contribution in [3.05, 3.63) is 46.2 Å². The Kier molecular flexibility index (Phi) is 6.76. The first-order valence-electron chi connectivity index (χ1n) is 8.78. The normalized spacial score (nSPS) is 16.0. The SMILES string of the molecule is COc1ccc(C(CNC(=O)c2cc(Br)c[nH]2)N2CCOCC2)cc1OC. The van der Waals surface area contributed by atoms with Gasteiger partial charge in [0.2, 0.25) is 0 Å². The maximum absolute atomic E-state index is 12.4. The van der Waals surface area contributed by atoms with Crippen LogP contribution >= 0.6 is 15.9 Å². The van der Waals surface area contributed by atoms with Crippen LogP contribution in [0, 0.1) is 0 Å². The Hall–Kier alpha value is -2.03.